The number of halogens is 1. The highest BCUT2D eigenvalue weighted by Crippen LogP contribution is 2.37. The van der Waals surface area contributed by atoms with E-state index >= 15 is 0 Å². The van der Waals surface area contributed by atoms with Crippen molar-refractivity contribution in [2.75, 3.05) is 31.2 Å². The number of aryl methyl sites for hydroxylation is 1. The first-order valence-electron chi connectivity index (χ1n) is 12.1. The van der Waals surface area contributed by atoms with Crippen molar-refractivity contribution in [3.05, 3.63) is 52.9 Å². The number of methoxy groups -OCH3 is 1. The van der Waals surface area contributed by atoms with Crippen LogP contribution < -0.4 is 14.2 Å². The Bertz CT molecular complexity index is 1790. The molecule has 40 heavy (non-hydrogen) atoms. The number of sulfonamides is 2. The summed E-state index contributed by atoms with van der Waals surface area (Å²) >= 11 is 6.88. The Balaban J connectivity index is 1.51. The van der Waals surface area contributed by atoms with Crippen molar-refractivity contribution in [1.29, 1.82) is 0 Å². The summed E-state index contributed by atoms with van der Waals surface area (Å²) < 4.78 is 65.9. The van der Waals surface area contributed by atoms with Crippen LogP contribution >= 0.6 is 22.9 Å². The standard InChI is InChI=1S/C25H26ClN5O6S3/c1-15-19-10-16(12-21(24(19)29-14-28-15)37-18-6-8-31(9-7-18)39(3,32)33)17-11-20(25(36-2)27-13-17)30-40(34,35)23-5-4-22(26)38-23/h4-5,10-14,18,30H,6-9H2,1-3H3. The largest absolute Gasteiger partial charge is 0.488 e. The molecule has 15 heteroatoms. The van der Waals surface area contributed by atoms with Gasteiger partial charge in [-0.3, -0.25) is 4.72 Å². The molecule has 1 saturated heterocycles. The number of aromatic nitrogens is 3. The Morgan fingerprint density at radius 1 is 1.05 bits per heavy atom. The molecule has 0 spiro atoms. The van der Waals surface area contributed by atoms with Gasteiger partial charge in [-0.2, -0.15) is 0 Å². The van der Waals surface area contributed by atoms with Crippen LogP contribution in [0.4, 0.5) is 5.69 Å². The highest BCUT2D eigenvalue weighted by Gasteiger charge is 2.27. The van der Waals surface area contributed by atoms with Gasteiger partial charge in [0, 0.05) is 35.9 Å². The van der Waals surface area contributed by atoms with Gasteiger partial charge in [-0.05, 0) is 55.7 Å². The molecule has 11 nitrogen and oxygen atoms in total. The van der Waals surface area contributed by atoms with Crippen LogP contribution in [-0.2, 0) is 20.0 Å². The molecule has 212 valence electrons. The Morgan fingerprint density at radius 3 is 2.45 bits per heavy atom. The van der Waals surface area contributed by atoms with Crippen molar-refractivity contribution >= 4 is 59.6 Å². The van der Waals surface area contributed by atoms with Gasteiger partial charge in [0.1, 0.15) is 33.6 Å². The van der Waals surface area contributed by atoms with Gasteiger partial charge < -0.3 is 9.47 Å². The third-order valence-electron chi connectivity index (χ3n) is 6.50. The van der Waals surface area contributed by atoms with Crippen LogP contribution in [0.25, 0.3) is 22.0 Å². The quantitative estimate of drug-likeness (QED) is 0.304. The van der Waals surface area contributed by atoms with E-state index in [-0.39, 0.29) is 21.9 Å². The fourth-order valence-electron chi connectivity index (χ4n) is 4.46. The van der Waals surface area contributed by atoms with Gasteiger partial charge in [0.25, 0.3) is 10.0 Å². The average molecular weight is 624 g/mol. The molecule has 4 heterocycles. The number of nitrogens with one attached hydrogen (secondary N) is 1. The van der Waals surface area contributed by atoms with E-state index in [0.29, 0.717) is 52.7 Å². The van der Waals surface area contributed by atoms with Crippen molar-refractivity contribution in [3.8, 4) is 22.8 Å². The minimum absolute atomic E-state index is 0.0565. The summed E-state index contributed by atoms with van der Waals surface area (Å²) in [6, 6.07) is 8.28. The smallest absolute Gasteiger partial charge is 0.271 e. The average Bonchev–Trinajstić information content (AvgIpc) is 3.36. The normalized spacial score (nSPS) is 15.3. The zero-order chi connectivity index (χ0) is 28.7. The number of rotatable bonds is 8. The van der Waals surface area contributed by atoms with Crippen molar-refractivity contribution < 1.29 is 26.3 Å². The van der Waals surface area contributed by atoms with E-state index < -0.39 is 20.0 Å². The number of hydrogen-bond acceptors (Lipinski definition) is 10. The second-order valence-corrected chi connectivity index (χ2v) is 14.9. The summed E-state index contributed by atoms with van der Waals surface area (Å²) in [6.07, 6.45) is 5.11. The van der Waals surface area contributed by atoms with E-state index in [9.17, 15) is 16.8 Å². The number of ether oxygens (including phenoxy) is 2. The van der Waals surface area contributed by atoms with Gasteiger partial charge in [-0.15, -0.1) is 11.3 Å². The number of hydrogen-bond donors (Lipinski definition) is 1. The monoisotopic (exact) mass is 623 g/mol. The Kier molecular flexibility index (Phi) is 7.90. The number of benzene rings is 1. The van der Waals surface area contributed by atoms with Gasteiger partial charge in [0.15, 0.2) is 0 Å². The molecule has 0 aliphatic carbocycles. The predicted molar refractivity (Wildman–Crippen MR) is 154 cm³/mol. The summed E-state index contributed by atoms with van der Waals surface area (Å²) in [4.78, 5) is 13.1. The molecular weight excluding hydrogens is 598 g/mol. The first-order chi connectivity index (χ1) is 18.9. The molecule has 4 aromatic rings. The maximum absolute atomic E-state index is 13.0. The molecule has 0 saturated carbocycles. The van der Waals surface area contributed by atoms with Crippen LogP contribution in [-0.4, -0.2) is 68.7 Å². The van der Waals surface area contributed by atoms with E-state index in [4.69, 9.17) is 21.1 Å². The molecule has 3 aromatic heterocycles. The summed E-state index contributed by atoms with van der Waals surface area (Å²) in [5, 5.41) is 0.759. The second-order valence-electron chi connectivity index (χ2n) is 9.25. The van der Waals surface area contributed by atoms with E-state index in [1.165, 1.54) is 36.1 Å². The fraction of sp³-hybridized carbons (Fsp3) is 0.320. The lowest BCUT2D eigenvalue weighted by Gasteiger charge is -2.30. The number of nitrogens with zero attached hydrogens (tertiary/aromatic N) is 4. The fourth-order valence-corrected chi connectivity index (χ4v) is 7.87. The highest BCUT2D eigenvalue weighted by molar-refractivity contribution is 7.94. The molecule has 0 radical (unpaired) electrons. The van der Waals surface area contributed by atoms with Crippen molar-refractivity contribution in [2.45, 2.75) is 30.1 Å². The number of piperidine rings is 1. The van der Waals surface area contributed by atoms with Crippen molar-refractivity contribution in [2.24, 2.45) is 0 Å². The van der Waals surface area contributed by atoms with Crippen LogP contribution in [0.15, 0.2) is 47.1 Å². The van der Waals surface area contributed by atoms with Crippen LogP contribution in [0, 0.1) is 6.92 Å². The van der Waals surface area contributed by atoms with E-state index in [0.717, 1.165) is 22.4 Å². The van der Waals surface area contributed by atoms with E-state index in [2.05, 4.69) is 19.7 Å². The van der Waals surface area contributed by atoms with Gasteiger partial charge in [-0.1, -0.05) is 11.6 Å². The predicted octanol–water partition coefficient (Wildman–Crippen LogP) is 4.33. The molecule has 1 N–H and O–H groups in total. The van der Waals surface area contributed by atoms with Crippen LogP contribution in [0.2, 0.25) is 4.34 Å². The van der Waals surface area contributed by atoms with Crippen molar-refractivity contribution in [3.63, 3.8) is 0 Å². The molecule has 0 atom stereocenters. The first-order valence-corrected chi connectivity index (χ1v) is 16.7. The molecule has 0 unspecified atom stereocenters. The molecule has 5 rings (SSSR count). The maximum Gasteiger partial charge on any atom is 0.271 e. The molecule has 1 fully saturated rings. The maximum atomic E-state index is 13.0. The minimum atomic E-state index is -3.94. The Morgan fingerprint density at radius 2 is 1.80 bits per heavy atom. The summed E-state index contributed by atoms with van der Waals surface area (Å²) in [7, 11) is -5.79. The lowest BCUT2D eigenvalue weighted by atomic mass is 10.0. The number of anilines is 1. The van der Waals surface area contributed by atoms with E-state index in [1.807, 2.05) is 19.1 Å². The zero-order valence-corrected chi connectivity index (χ0v) is 25.0. The molecule has 1 aliphatic heterocycles. The van der Waals surface area contributed by atoms with Gasteiger partial charge in [-0.25, -0.2) is 36.1 Å². The Hall–Kier alpha value is -3.04. The molecule has 0 bridgehead atoms. The van der Waals surface area contributed by atoms with Crippen LogP contribution in [0.5, 0.6) is 11.6 Å². The summed E-state index contributed by atoms with van der Waals surface area (Å²) in [6.45, 7) is 2.60. The first kappa shape index (κ1) is 28.5. The summed E-state index contributed by atoms with van der Waals surface area (Å²) in [5.41, 5.74) is 2.81. The van der Waals surface area contributed by atoms with Gasteiger partial charge in [0.2, 0.25) is 15.9 Å². The Labute approximate surface area is 241 Å². The third kappa shape index (κ3) is 6.00. The summed E-state index contributed by atoms with van der Waals surface area (Å²) in [5.74, 6) is 0.617. The third-order valence-corrected chi connectivity index (χ3v) is 10.9. The zero-order valence-electron chi connectivity index (χ0n) is 21.8. The highest BCUT2D eigenvalue weighted by atomic mass is 35.5. The van der Waals surface area contributed by atoms with Crippen LogP contribution in [0.3, 0.4) is 0 Å². The SMILES string of the molecule is COc1ncc(-c2cc(OC3CCN(S(C)(=O)=O)CC3)c3ncnc(C)c3c2)cc1NS(=O)(=O)c1ccc(Cl)s1. The van der Waals surface area contributed by atoms with Crippen molar-refractivity contribution in [1.82, 2.24) is 19.3 Å². The molecular formula is C25H26ClN5O6S3. The number of fused-ring (bicyclic) bond motifs is 1. The lowest BCUT2D eigenvalue weighted by Crippen LogP contribution is -2.41. The second kappa shape index (κ2) is 11.1. The van der Waals surface area contributed by atoms with Crippen LogP contribution in [0.1, 0.15) is 18.5 Å². The minimum Gasteiger partial charge on any atom is -0.488 e. The van der Waals surface area contributed by atoms with Gasteiger partial charge in [0.05, 0.1) is 17.7 Å². The number of thiophene rings is 1. The lowest BCUT2D eigenvalue weighted by molar-refractivity contribution is 0.137. The van der Waals surface area contributed by atoms with Gasteiger partial charge >= 0.3 is 0 Å². The topological polar surface area (TPSA) is 141 Å². The molecule has 1 aromatic carbocycles. The number of pyridine rings is 1. The van der Waals surface area contributed by atoms with E-state index in [1.54, 1.807) is 12.3 Å². The molecule has 0 amide bonds. The molecule has 1 aliphatic rings.